The number of amides is 1. The van der Waals surface area contributed by atoms with Gasteiger partial charge in [-0.3, -0.25) is 10.2 Å². The molecule has 0 saturated carbocycles. The molecule has 2 aromatic rings. The third-order valence-corrected chi connectivity index (χ3v) is 5.72. The van der Waals surface area contributed by atoms with Crippen LogP contribution in [0.4, 0.5) is 0 Å². The molecular weight excluding hydrogens is 428 g/mol. The van der Waals surface area contributed by atoms with Crippen LogP contribution in [0.1, 0.15) is 18.9 Å². The van der Waals surface area contributed by atoms with Crippen LogP contribution in [0.15, 0.2) is 64.2 Å². The maximum absolute atomic E-state index is 12.4. The Balaban J connectivity index is 1.36. The Morgan fingerprint density at radius 2 is 1.78 bits per heavy atom. The molecule has 1 N–H and O–H groups in total. The quantitative estimate of drug-likeness (QED) is 0.479. The molecule has 0 saturated heterocycles. The van der Waals surface area contributed by atoms with Crippen LogP contribution in [-0.2, 0) is 4.79 Å². The minimum atomic E-state index is -0.435. The third kappa shape index (κ3) is 4.67. The van der Waals surface area contributed by atoms with Crippen molar-refractivity contribution in [2.45, 2.75) is 13.3 Å². The van der Waals surface area contributed by atoms with Crippen molar-refractivity contribution >= 4 is 39.8 Å². The Kier molecular flexibility index (Phi) is 6.55. The monoisotopic (exact) mass is 450 g/mol. The Hall–Kier alpha value is -3.59. The number of fused-ring (bicyclic) bond motifs is 1. The van der Waals surface area contributed by atoms with Gasteiger partial charge in [0.05, 0.1) is 12.7 Å². The van der Waals surface area contributed by atoms with Crippen LogP contribution in [-0.4, -0.2) is 47.3 Å². The van der Waals surface area contributed by atoms with Gasteiger partial charge >= 0.3 is 0 Å². The zero-order chi connectivity index (χ0) is 22.5. The number of nitrogens with one attached hydrogen (secondary N) is 1. The highest BCUT2D eigenvalue weighted by atomic mass is 32.2. The highest BCUT2D eigenvalue weighted by Crippen LogP contribution is 2.29. The molecule has 2 aliphatic heterocycles. The number of aliphatic imine (C=N–C) groups is 1. The number of carbonyl (C=O) groups is 1. The SMILES string of the molecule is CCC1=NN2C(=N)/C(=C\c3ccc(OCCOc4ccccc4OC)cc3)C(=O)N=C2S1. The van der Waals surface area contributed by atoms with E-state index < -0.39 is 5.91 Å². The van der Waals surface area contributed by atoms with Gasteiger partial charge in [-0.05, 0) is 54.1 Å². The molecular formula is C23H22N4O4S. The summed E-state index contributed by atoms with van der Waals surface area (Å²) in [5.41, 5.74) is 0.968. The summed E-state index contributed by atoms with van der Waals surface area (Å²) in [6, 6.07) is 14.7. The van der Waals surface area contributed by atoms with Crippen molar-refractivity contribution in [1.82, 2.24) is 5.01 Å². The average Bonchev–Trinajstić information content (AvgIpc) is 3.24. The molecule has 0 aromatic heterocycles. The number of para-hydroxylation sites is 2. The molecule has 0 radical (unpaired) electrons. The largest absolute Gasteiger partial charge is 0.493 e. The number of amidine groups is 2. The fraction of sp³-hybridized carbons (Fsp3) is 0.217. The van der Waals surface area contributed by atoms with Gasteiger partial charge in [-0.25, -0.2) is 0 Å². The average molecular weight is 451 g/mol. The molecule has 2 aromatic carbocycles. The predicted molar refractivity (Wildman–Crippen MR) is 126 cm³/mol. The summed E-state index contributed by atoms with van der Waals surface area (Å²) in [6.45, 7) is 2.71. The van der Waals surface area contributed by atoms with E-state index in [-0.39, 0.29) is 11.4 Å². The summed E-state index contributed by atoms with van der Waals surface area (Å²) in [4.78, 5) is 16.5. The summed E-state index contributed by atoms with van der Waals surface area (Å²) in [5, 5.41) is 15.4. The lowest BCUT2D eigenvalue weighted by atomic mass is 10.1. The van der Waals surface area contributed by atoms with Gasteiger partial charge in [-0.15, -0.1) is 0 Å². The second-order valence-corrected chi connectivity index (χ2v) is 7.82. The Labute approximate surface area is 190 Å². The highest BCUT2D eigenvalue weighted by molar-refractivity contribution is 8.26. The van der Waals surface area contributed by atoms with Crippen molar-refractivity contribution < 1.29 is 19.0 Å². The van der Waals surface area contributed by atoms with Gasteiger partial charge in [0.2, 0.25) is 5.17 Å². The van der Waals surface area contributed by atoms with Crippen LogP contribution in [0, 0.1) is 5.41 Å². The number of thioether (sulfide) groups is 1. The standard InChI is InChI=1S/C23H22N4O4S/c1-3-20-26-27-21(24)17(22(28)25-23(27)32-20)14-15-8-10-16(11-9-15)30-12-13-31-19-7-5-4-6-18(19)29-2/h4-11,14,24H,3,12-13H2,1-2H3/b17-14+,24-21?. The summed E-state index contributed by atoms with van der Waals surface area (Å²) in [7, 11) is 1.60. The van der Waals surface area contributed by atoms with Crippen LogP contribution in [0.3, 0.4) is 0 Å². The molecule has 0 aliphatic carbocycles. The first-order valence-electron chi connectivity index (χ1n) is 10.1. The van der Waals surface area contributed by atoms with Crippen molar-refractivity contribution in [3.05, 3.63) is 59.7 Å². The first-order valence-corrected chi connectivity index (χ1v) is 10.9. The lowest BCUT2D eigenvalue weighted by Gasteiger charge is -2.20. The van der Waals surface area contributed by atoms with E-state index in [2.05, 4.69) is 10.1 Å². The van der Waals surface area contributed by atoms with E-state index >= 15 is 0 Å². The number of hydrazone groups is 1. The number of nitrogens with zero attached hydrogens (tertiary/aromatic N) is 3. The maximum Gasteiger partial charge on any atom is 0.283 e. The topological polar surface area (TPSA) is 96.6 Å². The van der Waals surface area contributed by atoms with Crippen LogP contribution < -0.4 is 14.2 Å². The lowest BCUT2D eigenvalue weighted by Crippen LogP contribution is -2.35. The first-order chi connectivity index (χ1) is 15.6. The van der Waals surface area contributed by atoms with Crippen molar-refractivity contribution in [1.29, 1.82) is 5.41 Å². The number of benzene rings is 2. The Morgan fingerprint density at radius 3 is 2.50 bits per heavy atom. The van der Waals surface area contributed by atoms with Crippen LogP contribution in [0.5, 0.6) is 17.2 Å². The van der Waals surface area contributed by atoms with E-state index in [1.54, 1.807) is 25.3 Å². The van der Waals surface area contributed by atoms with Gasteiger partial charge in [-0.2, -0.15) is 15.1 Å². The zero-order valence-corrected chi connectivity index (χ0v) is 18.5. The fourth-order valence-corrected chi connectivity index (χ4v) is 3.88. The van der Waals surface area contributed by atoms with Gasteiger partial charge < -0.3 is 14.2 Å². The molecule has 164 valence electrons. The van der Waals surface area contributed by atoms with Crippen LogP contribution >= 0.6 is 11.8 Å². The molecule has 9 heteroatoms. The Morgan fingerprint density at radius 1 is 1.06 bits per heavy atom. The highest BCUT2D eigenvalue weighted by Gasteiger charge is 2.34. The van der Waals surface area contributed by atoms with Crippen molar-refractivity contribution in [2.75, 3.05) is 20.3 Å². The molecule has 8 nitrogen and oxygen atoms in total. The summed E-state index contributed by atoms with van der Waals surface area (Å²) < 4.78 is 16.7. The third-order valence-electron chi connectivity index (χ3n) is 4.67. The van der Waals surface area contributed by atoms with Crippen LogP contribution in [0.2, 0.25) is 0 Å². The number of ether oxygens (including phenoxy) is 3. The van der Waals surface area contributed by atoms with E-state index in [4.69, 9.17) is 19.6 Å². The normalized spacial score (nSPS) is 16.6. The second-order valence-electron chi connectivity index (χ2n) is 6.78. The molecule has 4 rings (SSSR count). The van der Waals surface area contributed by atoms with Gasteiger partial charge in [0.1, 0.15) is 24.0 Å². The zero-order valence-electron chi connectivity index (χ0n) is 17.7. The fourth-order valence-electron chi connectivity index (χ4n) is 3.05. The predicted octanol–water partition coefficient (Wildman–Crippen LogP) is 4.18. The first kappa shape index (κ1) is 21.6. The molecule has 0 bridgehead atoms. The minimum Gasteiger partial charge on any atom is -0.493 e. The lowest BCUT2D eigenvalue weighted by molar-refractivity contribution is -0.114. The van der Waals surface area contributed by atoms with E-state index in [1.165, 1.54) is 16.8 Å². The molecule has 0 unspecified atom stereocenters. The molecule has 32 heavy (non-hydrogen) atoms. The summed E-state index contributed by atoms with van der Waals surface area (Å²) in [5.74, 6) is 1.61. The van der Waals surface area contributed by atoms with Crippen LogP contribution in [0.25, 0.3) is 6.08 Å². The molecule has 2 heterocycles. The van der Waals surface area contributed by atoms with E-state index in [9.17, 15) is 4.79 Å². The smallest absolute Gasteiger partial charge is 0.283 e. The van der Waals surface area contributed by atoms with Crippen molar-refractivity contribution in [3.63, 3.8) is 0 Å². The second kappa shape index (κ2) is 9.69. The van der Waals surface area contributed by atoms with Crippen molar-refractivity contribution in [2.24, 2.45) is 10.1 Å². The minimum absolute atomic E-state index is 0.0322. The van der Waals surface area contributed by atoms with E-state index in [0.717, 1.165) is 17.0 Å². The van der Waals surface area contributed by atoms with Gasteiger partial charge in [0.15, 0.2) is 17.3 Å². The number of hydrogen-bond acceptors (Lipinski definition) is 7. The maximum atomic E-state index is 12.4. The molecule has 1 amide bonds. The molecule has 0 atom stereocenters. The number of hydrogen-bond donors (Lipinski definition) is 1. The van der Waals surface area contributed by atoms with Gasteiger partial charge in [0, 0.05) is 0 Å². The van der Waals surface area contributed by atoms with E-state index in [1.807, 2.05) is 43.3 Å². The number of rotatable bonds is 8. The van der Waals surface area contributed by atoms with Crippen molar-refractivity contribution in [3.8, 4) is 17.2 Å². The summed E-state index contributed by atoms with van der Waals surface area (Å²) >= 11 is 1.33. The molecule has 0 fully saturated rings. The van der Waals surface area contributed by atoms with Gasteiger partial charge in [0.25, 0.3) is 5.91 Å². The van der Waals surface area contributed by atoms with E-state index in [0.29, 0.717) is 35.6 Å². The Bertz CT molecular complexity index is 1130. The number of methoxy groups -OCH3 is 1. The number of carbonyl (C=O) groups excluding carboxylic acids is 1. The summed E-state index contributed by atoms with van der Waals surface area (Å²) in [6.07, 6.45) is 2.37. The molecule has 0 spiro atoms. The molecule has 2 aliphatic rings. The van der Waals surface area contributed by atoms with Gasteiger partial charge in [-0.1, -0.05) is 31.2 Å².